The molecule has 1 atom stereocenters. The Morgan fingerprint density at radius 3 is 2.74 bits per heavy atom. The van der Waals surface area contributed by atoms with Crippen molar-refractivity contribution in [2.75, 3.05) is 11.9 Å². The topological polar surface area (TPSA) is 88.2 Å². The molecule has 0 radical (unpaired) electrons. The Hall–Kier alpha value is -1.82. The number of pyridine rings is 1. The van der Waals surface area contributed by atoms with Crippen LogP contribution < -0.4 is 11.1 Å². The van der Waals surface area contributed by atoms with E-state index in [2.05, 4.69) is 10.3 Å². The maximum atomic E-state index is 10.9. The van der Waals surface area contributed by atoms with Gasteiger partial charge in [0, 0.05) is 12.1 Å². The number of nitrogens with one attached hydrogen (secondary N) is 1. The van der Waals surface area contributed by atoms with Crippen LogP contribution in [0.5, 0.6) is 0 Å². The number of carbonyl (C=O) groups is 1. The predicted octanol–water partition coefficient (Wildman–Crippen LogP) is 3.29. The number of nitrogens with zero attached hydrogens (tertiary/aromatic N) is 1. The van der Waals surface area contributed by atoms with E-state index in [9.17, 15) is 4.79 Å². The molecule has 5 nitrogen and oxygen atoms in total. The van der Waals surface area contributed by atoms with Gasteiger partial charge in [0.05, 0.1) is 29.4 Å². The van der Waals surface area contributed by atoms with E-state index in [1.54, 1.807) is 12.3 Å². The van der Waals surface area contributed by atoms with Gasteiger partial charge in [0.25, 0.3) is 0 Å². The summed E-state index contributed by atoms with van der Waals surface area (Å²) in [6, 6.07) is 11.1. The zero-order valence-electron chi connectivity index (χ0n) is 12.4. The Morgan fingerprint density at radius 1 is 1.35 bits per heavy atom. The average molecular weight is 356 g/mol. The molecule has 2 rings (SSSR count). The average Bonchev–Trinajstić information content (AvgIpc) is 2.53. The highest BCUT2D eigenvalue weighted by Gasteiger charge is 2.15. The Balaban J connectivity index is 0.00000264. The summed E-state index contributed by atoms with van der Waals surface area (Å²) in [5.41, 5.74) is 8.18. The van der Waals surface area contributed by atoms with Gasteiger partial charge in [-0.3, -0.25) is 9.78 Å². The van der Waals surface area contributed by atoms with Crippen molar-refractivity contribution in [2.24, 2.45) is 5.73 Å². The minimum Gasteiger partial charge on any atom is -0.481 e. The summed E-state index contributed by atoms with van der Waals surface area (Å²) in [7, 11) is 0. The molecule has 0 aliphatic carbocycles. The molecule has 124 valence electrons. The number of carboxylic acids is 1. The van der Waals surface area contributed by atoms with Crippen LogP contribution in [0, 0.1) is 0 Å². The SMILES string of the molecule is Cl.NC[C@H](CC(=O)O)c1ccc(Cl)c(NCc2ccccn2)c1. The van der Waals surface area contributed by atoms with E-state index in [1.165, 1.54) is 0 Å². The summed E-state index contributed by atoms with van der Waals surface area (Å²) in [5, 5.41) is 12.7. The van der Waals surface area contributed by atoms with Gasteiger partial charge in [-0.2, -0.15) is 0 Å². The lowest BCUT2D eigenvalue weighted by Gasteiger charge is -2.16. The van der Waals surface area contributed by atoms with Crippen molar-refractivity contribution >= 4 is 35.7 Å². The van der Waals surface area contributed by atoms with Crippen LogP contribution in [0.4, 0.5) is 5.69 Å². The van der Waals surface area contributed by atoms with Crippen molar-refractivity contribution in [1.82, 2.24) is 4.98 Å². The number of aromatic nitrogens is 1. The maximum Gasteiger partial charge on any atom is 0.304 e. The Kier molecular flexibility index (Phi) is 7.81. The molecule has 1 aromatic heterocycles. The van der Waals surface area contributed by atoms with Crippen LogP contribution in [0.1, 0.15) is 23.6 Å². The number of carboxylic acid groups (broad SMARTS) is 1. The molecule has 0 fully saturated rings. The third-order valence-electron chi connectivity index (χ3n) is 3.35. The van der Waals surface area contributed by atoms with Gasteiger partial charge in [-0.15, -0.1) is 12.4 Å². The highest BCUT2D eigenvalue weighted by molar-refractivity contribution is 6.33. The van der Waals surface area contributed by atoms with Crippen molar-refractivity contribution in [3.8, 4) is 0 Å². The molecule has 23 heavy (non-hydrogen) atoms. The summed E-state index contributed by atoms with van der Waals surface area (Å²) >= 11 is 6.19. The molecule has 0 aliphatic rings. The van der Waals surface area contributed by atoms with Gasteiger partial charge >= 0.3 is 5.97 Å². The highest BCUT2D eigenvalue weighted by Crippen LogP contribution is 2.28. The van der Waals surface area contributed by atoms with E-state index in [-0.39, 0.29) is 31.3 Å². The summed E-state index contributed by atoms with van der Waals surface area (Å²) in [6.07, 6.45) is 1.73. The van der Waals surface area contributed by atoms with Crippen molar-refractivity contribution < 1.29 is 9.90 Å². The fraction of sp³-hybridized carbons (Fsp3) is 0.250. The second-order valence-corrected chi connectivity index (χ2v) is 5.35. The first-order chi connectivity index (χ1) is 10.6. The van der Waals surface area contributed by atoms with Crippen molar-refractivity contribution in [3.05, 3.63) is 58.9 Å². The van der Waals surface area contributed by atoms with Gasteiger partial charge in [-0.25, -0.2) is 0 Å². The molecule has 0 unspecified atom stereocenters. The molecule has 0 aliphatic heterocycles. The molecule has 0 saturated heterocycles. The van der Waals surface area contributed by atoms with Crippen molar-refractivity contribution in [3.63, 3.8) is 0 Å². The molecule has 0 saturated carbocycles. The van der Waals surface area contributed by atoms with E-state index in [0.717, 1.165) is 16.9 Å². The molecule has 0 spiro atoms. The van der Waals surface area contributed by atoms with Crippen LogP contribution in [0.15, 0.2) is 42.6 Å². The normalized spacial score (nSPS) is 11.4. The van der Waals surface area contributed by atoms with Gasteiger partial charge in [0.15, 0.2) is 0 Å². The zero-order valence-corrected chi connectivity index (χ0v) is 14.0. The number of benzene rings is 1. The Morgan fingerprint density at radius 2 is 2.13 bits per heavy atom. The Labute approximate surface area is 146 Å². The van der Waals surface area contributed by atoms with Crippen LogP contribution in [-0.4, -0.2) is 22.6 Å². The number of hydrogen-bond donors (Lipinski definition) is 3. The number of aliphatic carboxylic acids is 1. The first-order valence-corrected chi connectivity index (χ1v) is 7.33. The van der Waals surface area contributed by atoms with E-state index < -0.39 is 5.97 Å². The van der Waals surface area contributed by atoms with Gasteiger partial charge < -0.3 is 16.2 Å². The molecular formula is C16H19Cl2N3O2. The summed E-state index contributed by atoms with van der Waals surface area (Å²) < 4.78 is 0. The molecule has 1 heterocycles. The second-order valence-electron chi connectivity index (χ2n) is 4.94. The first kappa shape index (κ1) is 19.2. The summed E-state index contributed by atoms with van der Waals surface area (Å²) in [6.45, 7) is 0.809. The molecule has 2 aromatic rings. The van der Waals surface area contributed by atoms with Gasteiger partial charge in [0.1, 0.15) is 0 Å². The number of nitrogens with two attached hydrogens (primary N) is 1. The third-order valence-corrected chi connectivity index (χ3v) is 3.68. The fourth-order valence-corrected chi connectivity index (χ4v) is 2.35. The smallest absolute Gasteiger partial charge is 0.304 e. The lowest BCUT2D eigenvalue weighted by Crippen LogP contribution is -2.16. The number of anilines is 1. The first-order valence-electron chi connectivity index (χ1n) is 6.95. The lowest BCUT2D eigenvalue weighted by atomic mass is 9.95. The molecule has 1 aromatic carbocycles. The minimum atomic E-state index is -0.867. The van der Waals surface area contributed by atoms with Gasteiger partial charge in [-0.1, -0.05) is 23.7 Å². The minimum absolute atomic E-state index is 0. The zero-order chi connectivity index (χ0) is 15.9. The van der Waals surface area contributed by atoms with Crippen molar-refractivity contribution in [2.45, 2.75) is 18.9 Å². The molecular weight excluding hydrogens is 337 g/mol. The second kappa shape index (κ2) is 9.35. The number of rotatable bonds is 7. The Bertz CT molecular complexity index is 638. The van der Waals surface area contributed by atoms with Crippen LogP contribution in [0.3, 0.4) is 0 Å². The molecule has 0 amide bonds. The van der Waals surface area contributed by atoms with Crippen molar-refractivity contribution in [1.29, 1.82) is 0 Å². The molecule has 0 bridgehead atoms. The van der Waals surface area contributed by atoms with Gasteiger partial charge in [-0.05, 0) is 36.4 Å². The van der Waals surface area contributed by atoms with Crippen LogP contribution in [0.25, 0.3) is 0 Å². The van der Waals surface area contributed by atoms with Crippen LogP contribution in [-0.2, 0) is 11.3 Å². The fourth-order valence-electron chi connectivity index (χ4n) is 2.17. The highest BCUT2D eigenvalue weighted by atomic mass is 35.5. The van der Waals surface area contributed by atoms with E-state index in [0.29, 0.717) is 11.6 Å². The quantitative estimate of drug-likeness (QED) is 0.709. The van der Waals surface area contributed by atoms with E-state index >= 15 is 0 Å². The van der Waals surface area contributed by atoms with E-state index in [4.69, 9.17) is 22.4 Å². The lowest BCUT2D eigenvalue weighted by molar-refractivity contribution is -0.137. The number of hydrogen-bond acceptors (Lipinski definition) is 4. The monoisotopic (exact) mass is 355 g/mol. The largest absolute Gasteiger partial charge is 0.481 e. The van der Waals surface area contributed by atoms with Gasteiger partial charge in [0.2, 0.25) is 0 Å². The van der Waals surface area contributed by atoms with Crippen LogP contribution in [0.2, 0.25) is 5.02 Å². The molecule has 4 N–H and O–H groups in total. The summed E-state index contributed by atoms with van der Waals surface area (Å²) in [4.78, 5) is 15.1. The summed E-state index contributed by atoms with van der Waals surface area (Å²) in [5.74, 6) is -1.10. The molecule has 7 heteroatoms. The number of halogens is 2. The van der Waals surface area contributed by atoms with Crippen LogP contribution >= 0.6 is 24.0 Å². The van der Waals surface area contributed by atoms with E-state index in [1.807, 2.05) is 30.3 Å². The predicted molar refractivity (Wildman–Crippen MR) is 94.3 cm³/mol. The maximum absolute atomic E-state index is 10.9. The standard InChI is InChI=1S/C16H18ClN3O2.ClH/c17-14-5-4-11(12(9-18)8-16(21)22)7-15(14)20-10-13-3-1-2-6-19-13;/h1-7,12,20H,8-10,18H2,(H,21,22);1H/t12-;/m0./s1. The third kappa shape index (κ3) is 5.71.